The number of ether oxygens (including phenoxy) is 5. The molecule has 3 N–H and O–H groups in total. The molecule has 3 amide bonds. The number of nitrogens with zero attached hydrogens (tertiary/aromatic N) is 2. The Morgan fingerprint density at radius 2 is 1.80 bits per heavy atom. The third-order valence-corrected chi connectivity index (χ3v) is 9.04. The minimum atomic E-state index is -0.955. The summed E-state index contributed by atoms with van der Waals surface area (Å²) < 4.78 is 28.6. The molecule has 6 atom stereocenters. The molecule has 0 radical (unpaired) electrons. The first-order valence-corrected chi connectivity index (χ1v) is 15.9. The van der Waals surface area contributed by atoms with Crippen LogP contribution in [0, 0.1) is 17.3 Å². The van der Waals surface area contributed by atoms with Crippen molar-refractivity contribution in [2.24, 2.45) is 23.0 Å². The van der Waals surface area contributed by atoms with E-state index >= 15 is 0 Å². The number of carbonyl (C=O) groups excluding carboxylic acids is 3. The van der Waals surface area contributed by atoms with Crippen molar-refractivity contribution in [2.45, 2.75) is 77.7 Å². The number of nitrogens with two attached hydrogens (primary N) is 1. The van der Waals surface area contributed by atoms with Gasteiger partial charge in [0, 0.05) is 25.0 Å². The second-order valence-electron chi connectivity index (χ2n) is 13.1. The van der Waals surface area contributed by atoms with Crippen LogP contribution in [-0.2, 0) is 19.1 Å². The molecule has 2 heterocycles. The van der Waals surface area contributed by atoms with Crippen molar-refractivity contribution in [3.8, 4) is 17.4 Å². The highest BCUT2D eigenvalue weighted by Gasteiger charge is 2.48. The Balaban J connectivity index is 1.35. The standard InChI is InChI=1S/C32H43ClN4O8/c1-6-42-25-15-24(21-7-8-23(43-10-9-41-5)26(33)27(21)35-25)44-20-14-22(29(34)38)37(16-20)30(39)28(32(2,3)4)36-31(40)45-19-12-17-11-18(17)13-19/h7-8,15,17-20,22,28H,6,9-14,16H2,1-5H3,(H2,34,38)(H,36,40)/t17-,18+,19?,20?,22-,28+/m0/s1. The summed E-state index contributed by atoms with van der Waals surface area (Å²) in [6.07, 6.45) is 1.73. The number of nitrogens with one attached hydrogen (secondary N) is 1. The molecule has 3 aliphatic rings. The lowest BCUT2D eigenvalue weighted by Crippen LogP contribution is -2.57. The zero-order valence-electron chi connectivity index (χ0n) is 26.5. The summed E-state index contributed by atoms with van der Waals surface area (Å²) in [5, 5.41) is 3.67. The first-order valence-electron chi connectivity index (χ1n) is 15.5. The largest absolute Gasteiger partial charge is 0.490 e. The second kappa shape index (κ2) is 13.5. The van der Waals surface area contributed by atoms with E-state index in [0.29, 0.717) is 59.9 Å². The maximum Gasteiger partial charge on any atom is 0.408 e. The molecular formula is C32H43ClN4O8. The fourth-order valence-electron chi connectivity index (χ4n) is 6.30. The smallest absolute Gasteiger partial charge is 0.408 e. The molecule has 1 aromatic heterocycles. The lowest BCUT2D eigenvalue weighted by molar-refractivity contribution is -0.141. The second-order valence-corrected chi connectivity index (χ2v) is 13.5. The predicted molar refractivity (Wildman–Crippen MR) is 167 cm³/mol. The van der Waals surface area contributed by atoms with Gasteiger partial charge < -0.3 is 39.6 Å². The number of carbonyl (C=O) groups is 3. The van der Waals surface area contributed by atoms with Gasteiger partial charge in [-0.25, -0.2) is 9.78 Å². The maximum atomic E-state index is 14.0. The molecule has 3 fully saturated rings. The third kappa shape index (κ3) is 7.49. The number of amides is 3. The number of rotatable bonds is 12. The van der Waals surface area contributed by atoms with E-state index in [9.17, 15) is 14.4 Å². The number of hydrogen-bond donors (Lipinski definition) is 2. The van der Waals surface area contributed by atoms with Gasteiger partial charge in [0.2, 0.25) is 17.7 Å². The number of alkyl carbamates (subject to hydrolysis) is 1. The maximum absolute atomic E-state index is 14.0. The molecule has 1 aliphatic heterocycles. The van der Waals surface area contributed by atoms with Gasteiger partial charge in [0.25, 0.3) is 0 Å². The highest BCUT2D eigenvalue weighted by molar-refractivity contribution is 6.36. The Morgan fingerprint density at radius 3 is 2.44 bits per heavy atom. The zero-order chi connectivity index (χ0) is 32.5. The van der Waals surface area contributed by atoms with Crippen molar-refractivity contribution >= 4 is 40.4 Å². The average molecular weight is 647 g/mol. The average Bonchev–Trinajstić information content (AvgIpc) is 3.36. The summed E-state index contributed by atoms with van der Waals surface area (Å²) in [6.45, 7) is 8.50. The van der Waals surface area contributed by atoms with Crippen LogP contribution in [0.25, 0.3) is 10.9 Å². The lowest BCUT2D eigenvalue weighted by Gasteiger charge is -2.35. The molecular weight excluding hydrogens is 604 g/mol. The number of likely N-dealkylation sites (tertiary alicyclic amines) is 1. The number of primary amides is 1. The Morgan fingerprint density at radius 1 is 1.07 bits per heavy atom. The number of pyridine rings is 1. The van der Waals surface area contributed by atoms with Crippen molar-refractivity contribution in [1.29, 1.82) is 0 Å². The van der Waals surface area contributed by atoms with Gasteiger partial charge in [-0.15, -0.1) is 0 Å². The minimum Gasteiger partial charge on any atom is -0.490 e. The monoisotopic (exact) mass is 646 g/mol. The zero-order valence-corrected chi connectivity index (χ0v) is 27.2. The summed E-state index contributed by atoms with van der Waals surface area (Å²) in [5.41, 5.74) is 5.53. The molecule has 1 aromatic carbocycles. The first kappa shape index (κ1) is 32.9. The molecule has 2 unspecified atom stereocenters. The van der Waals surface area contributed by atoms with Crippen LogP contribution in [0.5, 0.6) is 17.4 Å². The van der Waals surface area contributed by atoms with Crippen molar-refractivity contribution in [3.63, 3.8) is 0 Å². The molecule has 45 heavy (non-hydrogen) atoms. The van der Waals surface area contributed by atoms with Gasteiger partial charge in [-0.2, -0.15) is 0 Å². The van der Waals surface area contributed by atoms with E-state index in [1.54, 1.807) is 25.3 Å². The van der Waals surface area contributed by atoms with E-state index < -0.39 is 41.5 Å². The van der Waals surface area contributed by atoms with E-state index in [1.807, 2.05) is 27.7 Å². The number of benzene rings is 1. The Bertz CT molecular complexity index is 1420. The van der Waals surface area contributed by atoms with Crippen LogP contribution in [-0.4, -0.2) is 85.6 Å². The Hall–Kier alpha value is -3.51. The summed E-state index contributed by atoms with van der Waals surface area (Å²) >= 11 is 6.69. The van der Waals surface area contributed by atoms with Crippen LogP contribution in [0.15, 0.2) is 18.2 Å². The van der Waals surface area contributed by atoms with Crippen LogP contribution >= 0.6 is 11.6 Å². The number of methoxy groups -OCH3 is 1. The van der Waals surface area contributed by atoms with Crippen molar-refractivity contribution in [1.82, 2.24) is 15.2 Å². The van der Waals surface area contributed by atoms with Gasteiger partial charge in [0.15, 0.2) is 0 Å². The van der Waals surface area contributed by atoms with E-state index in [-0.39, 0.29) is 24.1 Å². The fourth-order valence-corrected chi connectivity index (χ4v) is 6.56. The van der Waals surface area contributed by atoms with Gasteiger partial charge in [0.05, 0.1) is 19.8 Å². The molecule has 0 bridgehead atoms. The highest BCUT2D eigenvalue weighted by Crippen LogP contribution is 2.52. The predicted octanol–water partition coefficient (Wildman–Crippen LogP) is 4.09. The number of aromatic nitrogens is 1. The molecule has 13 heteroatoms. The van der Waals surface area contributed by atoms with Crippen LogP contribution in [0.3, 0.4) is 0 Å². The summed E-state index contributed by atoms with van der Waals surface area (Å²) in [5.74, 6) is 1.35. The van der Waals surface area contributed by atoms with E-state index in [0.717, 1.165) is 12.8 Å². The van der Waals surface area contributed by atoms with Gasteiger partial charge in [-0.3, -0.25) is 9.59 Å². The van der Waals surface area contributed by atoms with Crippen LogP contribution in [0.4, 0.5) is 4.79 Å². The molecule has 246 valence electrons. The highest BCUT2D eigenvalue weighted by atomic mass is 35.5. The lowest BCUT2D eigenvalue weighted by atomic mass is 9.85. The molecule has 0 spiro atoms. The van der Waals surface area contributed by atoms with Crippen LogP contribution < -0.4 is 25.3 Å². The quantitative estimate of drug-likeness (QED) is 0.325. The SMILES string of the molecule is CCOc1cc(OC2C[C@@H](C(N)=O)N(C(=O)[C@@H](NC(=O)OC3C[C@@H]4C[C@@H]4C3)C(C)(C)C)C2)c2ccc(OCCOC)c(Cl)c2n1. The van der Waals surface area contributed by atoms with Gasteiger partial charge >= 0.3 is 6.09 Å². The van der Waals surface area contributed by atoms with Crippen LogP contribution in [0.2, 0.25) is 5.02 Å². The molecule has 12 nitrogen and oxygen atoms in total. The van der Waals surface area contributed by atoms with Gasteiger partial charge in [0.1, 0.15) is 52.9 Å². The van der Waals surface area contributed by atoms with Crippen LogP contribution in [0.1, 0.15) is 53.4 Å². The van der Waals surface area contributed by atoms with Gasteiger partial charge in [-0.1, -0.05) is 32.4 Å². The van der Waals surface area contributed by atoms with E-state index in [2.05, 4.69) is 10.3 Å². The van der Waals surface area contributed by atoms with E-state index in [1.165, 1.54) is 11.3 Å². The molecule has 2 aromatic rings. The number of halogens is 1. The minimum absolute atomic E-state index is 0.0709. The molecule has 2 aliphatic carbocycles. The number of hydrogen-bond acceptors (Lipinski definition) is 9. The first-order chi connectivity index (χ1) is 21.4. The summed E-state index contributed by atoms with van der Waals surface area (Å²) in [7, 11) is 1.58. The molecule has 5 rings (SSSR count). The number of fused-ring (bicyclic) bond motifs is 2. The Kier molecular flexibility index (Phi) is 9.83. The van der Waals surface area contributed by atoms with Crippen molar-refractivity contribution in [3.05, 3.63) is 23.2 Å². The van der Waals surface area contributed by atoms with Crippen molar-refractivity contribution in [2.75, 3.05) is 33.5 Å². The van der Waals surface area contributed by atoms with Crippen molar-refractivity contribution < 1.29 is 38.1 Å². The molecule has 2 saturated carbocycles. The van der Waals surface area contributed by atoms with E-state index in [4.69, 9.17) is 41.0 Å². The Labute approximate surface area is 268 Å². The molecule has 1 saturated heterocycles. The van der Waals surface area contributed by atoms with Gasteiger partial charge in [-0.05, 0) is 55.6 Å². The third-order valence-electron chi connectivity index (χ3n) is 8.68. The normalized spacial score (nSPS) is 24.6. The summed E-state index contributed by atoms with van der Waals surface area (Å²) in [4.78, 5) is 45.5. The summed E-state index contributed by atoms with van der Waals surface area (Å²) in [6, 6.07) is 3.27. The topological polar surface area (TPSA) is 152 Å². The fraction of sp³-hybridized carbons (Fsp3) is 0.625.